The highest BCUT2D eigenvalue weighted by Gasteiger charge is 2.07. The Hall–Kier alpha value is -2.21. The molecular formula is C14H10BrFN4. The Balaban J connectivity index is 2.08. The van der Waals surface area contributed by atoms with Crippen LogP contribution in [0.1, 0.15) is 0 Å². The van der Waals surface area contributed by atoms with Crippen LogP contribution in [-0.4, -0.2) is 9.97 Å². The van der Waals surface area contributed by atoms with E-state index in [4.69, 9.17) is 5.73 Å². The van der Waals surface area contributed by atoms with Gasteiger partial charge in [0.25, 0.3) is 0 Å². The predicted molar refractivity (Wildman–Crippen MR) is 81.3 cm³/mol. The first-order valence-electron chi connectivity index (χ1n) is 5.86. The molecule has 0 atom stereocenters. The van der Waals surface area contributed by atoms with E-state index in [1.807, 2.05) is 6.07 Å². The number of benzene rings is 2. The second-order valence-electron chi connectivity index (χ2n) is 4.25. The van der Waals surface area contributed by atoms with Crippen LogP contribution in [0.4, 0.5) is 21.6 Å². The minimum Gasteiger partial charge on any atom is -0.399 e. The summed E-state index contributed by atoms with van der Waals surface area (Å²) in [5, 5.41) is 3.96. The van der Waals surface area contributed by atoms with E-state index in [0.717, 1.165) is 10.9 Å². The smallest absolute Gasteiger partial charge is 0.141 e. The van der Waals surface area contributed by atoms with E-state index in [0.29, 0.717) is 21.7 Å². The molecule has 3 aromatic rings. The lowest BCUT2D eigenvalue weighted by atomic mass is 10.2. The molecule has 3 rings (SSSR count). The van der Waals surface area contributed by atoms with Gasteiger partial charge < -0.3 is 11.1 Å². The van der Waals surface area contributed by atoms with Gasteiger partial charge in [-0.05, 0) is 52.3 Å². The molecule has 0 aliphatic carbocycles. The summed E-state index contributed by atoms with van der Waals surface area (Å²) < 4.78 is 13.7. The van der Waals surface area contributed by atoms with Crippen molar-refractivity contribution < 1.29 is 4.39 Å². The van der Waals surface area contributed by atoms with E-state index < -0.39 is 0 Å². The standard InChI is InChI=1S/C14H10BrFN4/c15-11-5-8(16)1-3-13(11)20-14-10-6-9(17)2-4-12(10)18-7-19-14/h1-7H,17H2,(H,18,19,20). The van der Waals surface area contributed by atoms with Gasteiger partial charge in [0.15, 0.2) is 0 Å². The summed E-state index contributed by atoms with van der Waals surface area (Å²) in [6, 6.07) is 9.82. The molecule has 0 bridgehead atoms. The molecule has 0 aliphatic heterocycles. The molecule has 0 saturated carbocycles. The van der Waals surface area contributed by atoms with E-state index >= 15 is 0 Å². The number of hydrogen-bond donors (Lipinski definition) is 2. The third-order valence-electron chi connectivity index (χ3n) is 2.84. The first-order chi connectivity index (χ1) is 9.63. The van der Waals surface area contributed by atoms with Crippen LogP contribution in [0.15, 0.2) is 47.2 Å². The van der Waals surface area contributed by atoms with Gasteiger partial charge in [-0.3, -0.25) is 0 Å². The second-order valence-corrected chi connectivity index (χ2v) is 5.10. The Labute approximate surface area is 123 Å². The molecule has 2 aromatic carbocycles. The fourth-order valence-electron chi connectivity index (χ4n) is 1.89. The molecule has 0 amide bonds. The molecule has 3 N–H and O–H groups in total. The van der Waals surface area contributed by atoms with Crippen LogP contribution in [0.25, 0.3) is 10.9 Å². The number of aromatic nitrogens is 2. The zero-order chi connectivity index (χ0) is 14.1. The quantitative estimate of drug-likeness (QED) is 0.699. The zero-order valence-corrected chi connectivity index (χ0v) is 11.9. The number of hydrogen-bond acceptors (Lipinski definition) is 4. The molecule has 1 aromatic heterocycles. The highest BCUT2D eigenvalue weighted by Crippen LogP contribution is 2.29. The number of halogens is 2. The van der Waals surface area contributed by atoms with Gasteiger partial charge in [0, 0.05) is 15.5 Å². The Morgan fingerprint density at radius 1 is 1.10 bits per heavy atom. The summed E-state index contributed by atoms with van der Waals surface area (Å²) in [6.07, 6.45) is 1.47. The minimum absolute atomic E-state index is 0.306. The van der Waals surface area contributed by atoms with Crippen molar-refractivity contribution in [2.24, 2.45) is 0 Å². The van der Waals surface area contributed by atoms with Gasteiger partial charge in [0.2, 0.25) is 0 Å². The fourth-order valence-corrected chi connectivity index (χ4v) is 2.34. The first-order valence-corrected chi connectivity index (χ1v) is 6.65. The number of nitrogens with two attached hydrogens (primary N) is 1. The van der Waals surface area contributed by atoms with Gasteiger partial charge in [-0.2, -0.15) is 0 Å². The number of anilines is 3. The molecule has 1 heterocycles. The molecule has 0 aliphatic rings. The van der Waals surface area contributed by atoms with Crippen molar-refractivity contribution in [1.82, 2.24) is 9.97 Å². The Kier molecular flexibility index (Phi) is 3.23. The number of nitrogen functional groups attached to an aromatic ring is 1. The SMILES string of the molecule is Nc1ccc2ncnc(Nc3ccc(F)cc3Br)c2c1. The van der Waals surface area contributed by atoms with Crippen LogP contribution >= 0.6 is 15.9 Å². The highest BCUT2D eigenvalue weighted by atomic mass is 79.9. The average Bonchev–Trinajstić information content (AvgIpc) is 2.42. The summed E-state index contributed by atoms with van der Waals surface area (Å²) in [7, 11) is 0. The van der Waals surface area contributed by atoms with Crippen LogP contribution in [-0.2, 0) is 0 Å². The molecule has 100 valence electrons. The maximum atomic E-state index is 13.1. The normalized spacial score (nSPS) is 10.7. The number of nitrogens with one attached hydrogen (secondary N) is 1. The van der Waals surface area contributed by atoms with Crippen molar-refractivity contribution >= 4 is 44.0 Å². The molecule has 20 heavy (non-hydrogen) atoms. The molecular weight excluding hydrogens is 323 g/mol. The minimum atomic E-state index is -0.306. The Bertz CT molecular complexity index is 791. The van der Waals surface area contributed by atoms with Crippen molar-refractivity contribution in [2.45, 2.75) is 0 Å². The van der Waals surface area contributed by atoms with Gasteiger partial charge in [-0.25, -0.2) is 14.4 Å². The Morgan fingerprint density at radius 3 is 2.75 bits per heavy atom. The maximum Gasteiger partial charge on any atom is 0.141 e. The summed E-state index contributed by atoms with van der Waals surface area (Å²) >= 11 is 3.31. The Morgan fingerprint density at radius 2 is 1.95 bits per heavy atom. The topological polar surface area (TPSA) is 63.8 Å². The number of nitrogens with zero attached hydrogens (tertiary/aromatic N) is 2. The van der Waals surface area contributed by atoms with Crippen LogP contribution < -0.4 is 11.1 Å². The summed E-state index contributed by atoms with van der Waals surface area (Å²) in [6.45, 7) is 0. The third kappa shape index (κ3) is 2.42. The van der Waals surface area contributed by atoms with Crippen molar-refractivity contribution in [3.05, 3.63) is 53.0 Å². The molecule has 0 fully saturated rings. The molecule has 6 heteroatoms. The van der Waals surface area contributed by atoms with Crippen molar-refractivity contribution in [3.63, 3.8) is 0 Å². The average molecular weight is 333 g/mol. The first kappa shape index (κ1) is 12.8. The van der Waals surface area contributed by atoms with E-state index in [1.54, 1.807) is 18.2 Å². The number of rotatable bonds is 2. The summed E-state index contributed by atoms with van der Waals surface area (Å²) in [5.74, 6) is 0.314. The van der Waals surface area contributed by atoms with Crippen LogP contribution in [0, 0.1) is 5.82 Å². The lowest BCUT2D eigenvalue weighted by Gasteiger charge is -2.10. The third-order valence-corrected chi connectivity index (χ3v) is 3.50. The van der Waals surface area contributed by atoms with E-state index in [1.165, 1.54) is 18.5 Å². The summed E-state index contributed by atoms with van der Waals surface area (Å²) in [4.78, 5) is 8.40. The molecule has 0 saturated heterocycles. The largest absolute Gasteiger partial charge is 0.399 e. The van der Waals surface area contributed by atoms with Gasteiger partial charge in [0.05, 0.1) is 11.2 Å². The van der Waals surface area contributed by atoms with Crippen LogP contribution in [0.5, 0.6) is 0 Å². The van der Waals surface area contributed by atoms with Crippen LogP contribution in [0.2, 0.25) is 0 Å². The van der Waals surface area contributed by atoms with Gasteiger partial charge in [-0.1, -0.05) is 0 Å². The molecule has 0 spiro atoms. The highest BCUT2D eigenvalue weighted by molar-refractivity contribution is 9.10. The molecule has 4 nitrogen and oxygen atoms in total. The van der Waals surface area contributed by atoms with E-state index in [-0.39, 0.29) is 5.82 Å². The fraction of sp³-hybridized carbons (Fsp3) is 0. The van der Waals surface area contributed by atoms with Crippen LogP contribution in [0.3, 0.4) is 0 Å². The molecule has 0 unspecified atom stereocenters. The lowest BCUT2D eigenvalue weighted by molar-refractivity contribution is 0.627. The van der Waals surface area contributed by atoms with Gasteiger partial charge in [-0.15, -0.1) is 0 Å². The van der Waals surface area contributed by atoms with Gasteiger partial charge >= 0.3 is 0 Å². The summed E-state index contributed by atoms with van der Waals surface area (Å²) in [5.41, 5.74) is 7.93. The molecule has 0 radical (unpaired) electrons. The van der Waals surface area contributed by atoms with E-state index in [2.05, 4.69) is 31.2 Å². The maximum absolute atomic E-state index is 13.1. The van der Waals surface area contributed by atoms with Crippen molar-refractivity contribution in [1.29, 1.82) is 0 Å². The predicted octanol–water partition coefficient (Wildman–Crippen LogP) is 3.86. The van der Waals surface area contributed by atoms with Crippen molar-refractivity contribution in [3.8, 4) is 0 Å². The second kappa shape index (κ2) is 5.05. The lowest BCUT2D eigenvalue weighted by Crippen LogP contribution is -1.97. The van der Waals surface area contributed by atoms with Crippen molar-refractivity contribution in [2.75, 3.05) is 11.1 Å². The zero-order valence-electron chi connectivity index (χ0n) is 10.3. The number of fused-ring (bicyclic) bond motifs is 1. The van der Waals surface area contributed by atoms with Gasteiger partial charge in [0.1, 0.15) is 18.0 Å². The van der Waals surface area contributed by atoms with E-state index in [9.17, 15) is 4.39 Å². The monoisotopic (exact) mass is 332 g/mol.